The monoisotopic (exact) mass is 459 g/mol. The maximum atomic E-state index is 12.8. The van der Waals surface area contributed by atoms with Crippen LogP contribution in [-0.4, -0.2) is 57.8 Å². The summed E-state index contributed by atoms with van der Waals surface area (Å²) in [6.45, 7) is 7.24. The van der Waals surface area contributed by atoms with Crippen molar-refractivity contribution in [1.82, 2.24) is 25.0 Å². The van der Waals surface area contributed by atoms with E-state index >= 15 is 0 Å². The second-order valence-electron chi connectivity index (χ2n) is 8.98. The SMILES string of the molecule is CC(C)[C@H](NC(=O)[C@H]1CCOC1)c1nnc2n1CCN(C(=O)CCCc1cccs1)CC2. The van der Waals surface area contributed by atoms with Crippen LogP contribution >= 0.6 is 11.3 Å². The number of carbonyl (C=O) groups excluding carboxylic acids is 2. The lowest BCUT2D eigenvalue weighted by molar-refractivity contribution is -0.131. The van der Waals surface area contributed by atoms with Gasteiger partial charge in [-0.1, -0.05) is 19.9 Å². The lowest BCUT2D eigenvalue weighted by Crippen LogP contribution is -2.38. The number of thiophene rings is 1. The molecule has 4 rings (SSSR count). The number of carbonyl (C=O) groups is 2. The third-order valence-corrected chi connectivity index (χ3v) is 7.28. The van der Waals surface area contributed by atoms with Crippen molar-refractivity contribution in [2.75, 3.05) is 26.3 Å². The Balaban J connectivity index is 1.37. The zero-order chi connectivity index (χ0) is 22.5. The summed E-state index contributed by atoms with van der Waals surface area (Å²) in [4.78, 5) is 28.8. The van der Waals surface area contributed by atoms with E-state index in [4.69, 9.17) is 4.74 Å². The van der Waals surface area contributed by atoms with E-state index in [2.05, 4.69) is 51.4 Å². The normalized spacial score (nSPS) is 19.6. The lowest BCUT2D eigenvalue weighted by atomic mass is 10.0. The lowest BCUT2D eigenvalue weighted by Gasteiger charge is -2.24. The number of ether oxygens (including phenoxy) is 1. The van der Waals surface area contributed by atoms with Crippen LogP contribution in [0.3, 0.4) is 0 Å². The third kappa shape index (κ3) is 5.38. The summed E-state index contributed by atoms with van der Waals surface area (Å²) in [5.74, 6) is 1.98. The zero-order valence-corrected chi connectivity index (χ0v) is 19.8. The molecule has 0 bridgehead atoms. The Morgan fingerprint density at radius 2 is 2.16 bits per heavy atom. The molecule has 2 atom stereocenters. The highest BCUT2D eigenvalue weighted by Gasteiger charge is 2.31. The van der Waals surface area contributed by atoms with Gasteiger partial charge in [-0.25, -0.2) is 0 Å². The number of aromatic nitrogens is 3. The largest absolute Gasteiger partial charge is 0.381 e. The van der Waals surface area contributed by atoms with Crippen LogP contribution in [0.1, 0.15) is 55.7 Å². The van der Waals surface area contributed by atoms with Gasteiger partial charge in [0, 0.05) is 44.0 Å². The topological polar surface area (TPSA) is 89.3 Å². The fourth-order valence-electron chi connectivity index (χ4n) is 4.39. The highest BCUT2D eigenvalue weighted by Crippen LogP contribution is 2.24. The van der Waals surface area contributed by atoms with Crippen LogP contribution in [-0.2, 0) is 33.7 Å². The average Bonchev–Trinajstić information content (AvgIpc) is 3.53. The van der Waals surface area contributed by atoms with Gasteiger partial charge in [0.1, 0.15) is 5.82 Å². The molecule has 2 aliphatic heterocycles. The highest BCUT2D eigenvalue weighted by molar-refractivity contribution is 7.09. The number of aryl methyl sites for hydroxylation is 1. The molecule has 32 heavy (non-hydrogen) atoms. The molecule has 2 amide bonds. The quantitative estimate of drug-likeness (QED) is 0.655. The molecule has 174 valence electrons. The smallest absolute Gasteiger partial charge is 0.226 e. The Kier molecular flexibility index (Phi) is 7.57. The van der Waals surface area contributed by atoms with E-state index in [1.54, 1.807) is 11.3 Å². The second kappa shape index (κ2) is 10.6. The molecule has 0 radical (unpaired) electrons. The fourth-order valence-corrected chi connectivity index (χ4v) is 5.14. The van der Waals surface area contributed by atoms with Crippen LogP contribution in [0.25, 0.3) is 0 Å². The first-order chi connectivity index (χ1) is 15.5. The molecule has 0 unspecified atom stereocenters. The molecular formula is C23H33N5O3S. The Morgan fingerprint density at radius 3 is 2.88 bits per heavy atom. The Labute approximate surface area is 193 Å². The van der Waals surface area contributed by atoms with Gasteiger partial charge >= 0.3 is 0 Å². The maximum absolute atomic E-state index is 12.8. The van der Waals surface area contributed by atoms with E-state index in [0.29, 0.717) is 45.7 Å². The Bertz CT molecular complexity index is 905. The van der Waals surface area contributed by atoms with Crippen molar-refractivity contribution in [3.8, 4) is 0 Å². The van der Waals surface area contributed by atoms with Crippen LogP contribution < -0.4 is 5.32 Å². The first kappa shape index (κ1) is 22.9. The summed E-state index contributed by atoms with van der Waals surface area (Å²) in [5, 5.41) is 14.1. The zero-order valence-electron chi connectivity index (χ0n) is 19.0. The van der Waals surface area contributed by atoms with Gasteiger partial charge < -0.3 is 19.5 Å². The average molecular weight is 460 g/mol. The summed E-state index contributed by atoms with van der Waals surface area (Å²) >= 11 is 1.74. The third-order valence-electron chi connectivity index (χ3n) is 6.34. The standard InChI is InChI=1S/C23H33N5O3S/c1-16(2)21(24-23(30)17-9-13-31-15-17)22-26-25-19-8-10-27(11-12-28(19)22)20(29)7-3-5-18-6-4-14-32-18/h4,6,14,16-17,21H,3,5,7-13,15H2,1-2H3,(H,24,30)/t17-,21-/m0/s1. The molecule has 0 aliphatic carbocycles. The molecule has 1 saturated heterocycles. The van der Waals surface area contributed by atoms with Crippen molar-refractivity contribution in [3.05, 3.63) is 34.0 Å². The summed E-state index contributed by atoms with van der Waals surface area (Å²) in [6.07, 6.45) is 3.84. The van der Waals surface area contributed by atoms with Gasteiger partial charge in [0.25, 0.3) is 0 Å². The number of fused-ring (bicyclic) bond motifs is 1. The molecule has 2 aromatic rings. The number of rotatable bonds is 8. The summed E-state index contributed by atoms with van der Waals surface area (Å²) in [7, 11) is 0. The van der Waals surface area contributed by atoms with Crippen LogP contribution in [0.15, 0.2) is 17.5 Å². The van der Waals surface area contributed by atoms with Gasteiger partial charge in [0.2, 0.25) is 11.8 Å². The molecular weight excluding hydrogens is 426 g/mol. The van der Waals surface area contributed by atoms with E-state index in [1.165, 1.54) is 4.88 Å². The van der Waals surface area contributed by atoms with Gasteiger partial charge in [-0.15, -0.1) is 21.5 Å². The predicted octanol–water partition coefficient (Wildman–Crippen LogP) is 2.60. The Hall–Kier alpha value is -2.26. The molecule has 0 saturated carbocycles. The maximum Gasteiger partial charge on any atom is 0.226 e. The molecule has 1 fully saturated rings. The number of hydrogen-bond donors (Lipinski definition) is 1. The molecule has 2 aromatic heterocycles. The minimum Gasteiger partial charge on any atom is -0.381 e. The van der Waals surface area contributed by atoms with Crippen LogP contribution in [0, 0.1) is 11.8 Å². The molecule has 0 spiro atoms. The van der Waals surface area contributed by atoms with Gasteiger partial charge in [-0.2, -0.15) is 0 Å². The van der Waals surface area contributed by atoms with Crippen molar-refractivity contribution in [3.63, 3.8) is 0 Å². The first-order valence-corrected chi connectivity index (χ1v) is 12.5. The van der Waals surface area contributed by atoms with E-state index < -0.39 is 0 Å². The van der Waals surface area contributed by atoms with Crippen molar-refractivity contribution in [2.24, 2.45) is 11.8 Å². The van der Waals surface area contributed by atoms with Crippen molar-refractivity contribution in [1.29, 1.82) is 0 Å². The van der Waals surface area contributed by atoms with Gasteiger partial charge in [-0.3, -0.25) is 9.59 Å². The van der Waals surface area contributed by atoms with E-state index in [-0.39, 0.29) is 29.7 Å². The molecule has 8 nitrogen and oxygen atoms in total. The number of hydrogen-bond acceptors (Lipinski definition) is 6. The van der Waals surface area contributed by atoms with Crippen molar-refractivity contribution in [2.45, 2.75) is 58.5 Å². The Morgan fingerprint density at radius 1 is 1.28 bits per heavy atom. The van der Waals surface area contributed by atoms with Crippen molar-refractivity contribution < 1.29 is 14.3 Å². The highest BCUT2D eigenvalue weighted by atomic mass is 32.1. The number of nitrogens with zero attached hydrogens (tertiary/aromatic N) is 4. The molecule has 9 heteroatoms. The van der Waals surface area contributed by atoms with E-state index in [9.17, 15) is 9.59 Å². The molecule has 0 aromatic carbocycles. The fraction of sp³-hybridized carbons (Fsp3) is 0.652. The van der Waals surface area contributed by atoms with Gasteiger partial charge in [0.15, 0.2) is 5.82 Å². The minimum atomic E-state index is -0.211. The van der Waals surface area contributed by atoms with Crippen LogP contribution in [0.4, 0.5) is 0 Å². The molecule has 2 aliphatic rings. The second-order valence-corrected chi connectivity index (χ2v) is 10.0. The number of nitrogens with one attached hydrogen (secondary N) is 1. The summed E-state index contributed by atoms with van der Waals surface area (Å²) < 4.78 is 7.48. The van der Waals surface area contributed by atoms with Crippen LogP contribution in [0.2, 0.25) is 0 Å². The van der Waals surface area contributed by atoms with Gasteiger partial charge in [-0.05, 0) is 36.6 Å². The van der Waals surface area contributed by atoms with Gasteiger partial charge in [0.05, 0.1) is 18.6 Å². The molecule has 1 N–H and O–H groups in total. The summed E-state index contributed by atoms with van der Waals surface area (Å²) in [5.41, 5.74) is 0. The van der Waals surface area contributed by atoms with E-state index in [0.717, 1.165) is 30.9 Å². The van der Waals surface area contributed by atoms with Crippen molar-refractivity contribution >= 4 is 23.2 Å². The number of amides is 2. The minimum absolute atomic E-state index is 0.0229. The molecule has 4 heterocycles. The predicted molar refractivity (Wildman–Crippen MR) is 122 cm³/mol. The van der Waals surface area contributed by atoms with E-state index in [1.807, 2.05) is 4.90 Å². The summed E-state index contributed by atoms with van der Waals surface area (Å²) in [6, 6.07) is 3.97. The first-order valence-electron chi connectivity index (χ1n) is 11.6. The van der Waals surface area contributed by atoms with Crippen LogP contribution in [0.5, 0.6) is 0 Å².